The second-order valence-corrected chi connectivity index (χ2v) is 7.25. The van der Waals surface area contributed by atoms with E-state index in [0.717, 1.165) is 10.8 Å². The summed E-state index contributed by atoms with van der Waals surface area (Å²) in [5, 5.41) is 0. The second-order valence-electron chi connectivity index (χ2n) is 3.42. The number of benzene rings is 2. The third-order valence-electron chi connectivity index (χ3n) is 2.12. The van der Waals surface area contributed by atoms with Gasteiger partial charge in [0.05, 0.1) is 4.90 Å². The number of anilines is 1. The van der Waals surface area contributed by atoms with Crippen LogP contribution in [0.4, 0.5) is 5.69 Å². The maximum atomic E-state index is 12.0. The first-order chi connectivity index (χ1) is 8.08. The summed E-state index contributed by atoms with van der Waals surface area (Å²) in [4.78, 5) is 0.963. The van der Waals surface area contributed by atoms with E-state index < -0.39 is 8.87 Å². The molecule has 0 radical (unpaired) electrons. The number of hydrogen-bond donors (Lipinski definition) is 1. The summed E-state index contributed by atoms with van der Waals surface area (Å²) in [7, 11) is -2.53. The Bertz CT molecular complexity index is 592. The molecule has 3 nitrogen and oxygen atoms in total. The quantitative estimate of drug-likeness (QED) is 0.684. The van der Waals surface area contributed by atoms with Gasteiger partial charge in [-0.25, -0.2) is 8.42 Å². The number of hydrogen-bond acceptors (Lipinski definition) is 4. The Kier molecular flexibility index (Phi) is 3.40. The van der Waals surface area contributed by atoms with Gasteiger partial charge < -0.3 is 5.73 Å². The van der Waals surface area contributed by atoms with E-state index in [1.54, 1.807) is 54.6 Å². The van der Waals surface area contributed by atoms with Gasteiger partial charge in [0.15, 0.2) is 0 Å². The Morgan fingerprint density at radius 2 is 1.47 bits per heavy atom. The predicted molar refractivity (Wildman–Crippen MR) is 70.3 cm³/mol. The van der Waals surface area contributed by atoms with Crippen LogP contribution in [0.1, 0.15) is 0 Å². The molecule has 88 valence electrons. The summed E-state index contributed by atoms with van der Waals surface area (Å²) < 4.78 is 24.0. The molecular formula is C12H11NO2S2. The van der Waals surface area contributed by atoms with Crippen molar-refractivity contribution in [1.29, 1.82) is 0 Å². The van der Waals surface area contributed by atoms with Crippen LogP contribution in [0.25, 0.3) is 0 Å². The van der Waals surface area contributed by atoms with Crippen molar-refractivity contribution in [2.75, 3.05) is 5.73 Å². The highest BCUT2D eigenvalue weighted by Gasteiger charge is 2.15. The largest absolute Gasteiger partial charge is 0.399 e. The Morgan fingerprint density at radius 1 is 0.882 bits per heavy atom. The van der Waals surface area contributed by atoms with Gasteiger partial charge in [0.2, 0.25) is 8.87 Å². The highest BCUT2D eigenvalue weighted by molar-refractivity contribution is 8.72. The highest BCUT2D eigenvalue weighted by Crippen LogP contribution is 2.30. The fraction of sp³-hybridized carbons (Fsp3) is 0. The smallest absolute Gasteiger partial charge is 0.234 e. The molecule has 17 heavy (non-hydrogen) atoms. The van der Waals surface area contributed by atoms with Crippen LogP contribution in [0.5, 0.6) is 0 Å². The van der Waals surface area contributed by atoms with Gasteiger partial charge in [-0.15, -0.1) is 0 Å². The fourth-order valence-electron chi connectivity index (χ4n) is 1.29. The summed E-state index contributed by atoms with van der Waals surface area (Å²) in [5.74, 6) is 0. The van der Waals surface area contributed by atoms with Crippen molar-refractivity contribution in [2.24, 2.45) is 0 Å². The average molecular weight is 265 g/mol. The van der Waals surface area contributed by atoms with Gasteiger partial charge in [-0.3, -0.25) is 0 Å². The molecule has 0 aliphatic rings. The lowest BCUT2D eigenvalue weighted by molar-refractivity contribution is 0.610. The van der Waals surface area contributed by atoms with Crippen molar-refractivity contribution < 1.29 is 8.42 Å². The SMILES string of the molecule is Nc1ccc(SS(=O)(=O)c2ccccc2)cc1. The summed E-state index contributed by atoms with van der Waals surface area (Å²) in [5.41, 5.74) is 6.16. The van der Waals surface area contributed by atoms with Crippen LogP contribution in [-0.2, 0) is 8.87 Å². The molecule has 0 spiro atoms. The minimum atomic E-state index is -3.35. The molecule has 0 fully saturated rings. The van der Waals surface area contributed by atoms with Gasteiger partial charge in [-0.1, -0.05) is 18.2 Å². The normalized spacial score (nSPS) is 11.3. The summed E-state index contributed by atoms with van der Waals surface area (Å²) in [6, 6.07) is 15.1. The van der Waals surface area contributed by atoms with E-state index in [1.165, 1.54) is 0 Å². The minimum Gasteiger partial charge on any atom is -0.399 e. The predicted octanol–water partition coefficient (Wildman–Crippen LogP) is 2.75. The van der Waals surface area contributed by atoms with E-state index in [2.05, 4.69) is 0 Å². The average Bonchev–Trinajstić information content (AvgIpc) is 2.33. The van der Waals surface area contributed by atoms with Crippen LogP contribution in [0, 0.1) is 0 Å². The van der Waals surface area contributed by atoms with Gasteiger partial charge in [-0.05, 0) is 36.4 Å². The van der Waals surface area contributed by atoms with Crippen LogP contribution in [-0.4, -0.2) is 8.42 Å². The van der Waals surface area contributed by atoms with Gasteiger partial charge in [0.1, 0.15) is 0 Å². The molecule has 0 saturated carbocycles. The molecule has 5 heteroatoms. The van der Waals surface area contributed by atoms with Crippen LogP contribution in [0.3, 0.4) is 0 Å². The minimum absolute atomic E-state index is 0.307. The molecule has 0 saturated heterocycles. The highest BCUT2D eigenvalue weighted by atomic mass is 33.1. The molecule has 0 bridgehead atoms. The van der Waals surface area contributed by atoms with E-state index in [9.17, 15) is 8.42 Å². The summed E-state index contributed by atoms with van der Waals surface area (Å²) in [6.45, 7) is 0. The molecule has 2 N–H and O–H groups in total. The van der Waals surface area contributed by atoms with Gasteiger partial charge in [0.25, 0.3) is 0 Å². The molecule has 0 amide bonds. The van der Waals surface area contributed by atoms with Crippen molar-refractivity contribution >= 4 is 25.4 Å². The molecular weight excluding hydrogens is 254 g/mol. The maximum absolute atomic E-state index is 12.0. The van der Waals surface area contributed by atoms with Crippen molar-refractivity contribution in [1.82, 2.24) is 0 Å². The first-order valence-corrected chi connectivity index (χ1v) is 7.75. The molecule has 2 aromatic carbocycles. The van der Waals surface area contributed by atoms with Gasteiger partial charge in [0, 0.05) is 21.4 Å². The van der Waals surface area contributed by atoms with E-state index >= 15 is 0 Å². The maximum Gasteiger partial charge on any atom is 0.234 e. The molecule has 0 heterocycles. The van der Waals surface area contributed by atoms with Crippen molar-refractivity contribution in [2.45, 2.75) is 9.79 Å². The zero-order valence-electron chi connectivity index (χ0n) is 8.91. The van der Waals surface area contributed by atoms with Gasteiger partial charge in [-0.2, -0.15) is 0 Å². The standard InChI is InChI=1S/C12H11NO2S2/c13-10-6-8-11(9-7-10)16-17(14,15)12-4-2-1-3-5-12/h1-9H,13H2. The van der Waals surface area contributed by atoms with Crippen LogP contribution >= 0.6 is 10.8 Å². The first-order valence-electron chi connectivity index (χ1n) is 4.93. The Morgan fingerprint density at radius 3 is 2.06 bits per heavy atom. The monoisotopic (exact) mass is 265 g/mol. The number of nitrogens with two attached hydrogens (primary N) is 1. The zero-order valence-corrected chi connectivity index (χ0v) is 10.5. The van der Waals surface area contributed by atoms with Crippen molar-refractivity contribution in [3.63, 3.8) is 0 Å². The van der Waals surface area contributed by atoms with Gasteiger partial charge >= 0.3 is 0 Å². The first kappa shape index (κ1) is 12.0. The fourth-order valence-corrected chi connectivity index (χ4v) is 4.09. The molecule has 0 unspecified atom stereocenters. The van der Waals surface area contributed by atoms with Crippen molar-refractivity contribution in [3.05, 3.63) is 54.6 Å². The number of rotatable bonds is 3. The third kappa shape index (κ3) is 3.01. The molecule has 0 aromatic heterocycles. The third-order valence-corrected chi connectivity index (χ3v) is 5.46. The molecule has 2 rings (SSSR count). The lowest BCUT2D eigenvalue weighted by Crippen LogP contribution is -1.94. The topological polar surface area (TPSA) is 60.2 Å². The molecule has 0 aliphatic heterocycles. The lowest BCUT2D eigenvalue weighted by atomic mass is 10.3. The van der Waals surface area contributed by atoms with E-state index in [1.807, 2.05) is 0 Å². The van der Waals surface area contributed by atoms with Crippen LogP contribution < -0.4 is 5.73 Å². The van der Waals surface area contributed by atoms with Crippen molar-refractivity contribution in [3.8, 4) is 0 Å². The second kappa shape index (κ2) is 4.81. The Hall–Kier alpha value is -1.46. The number of nitrogen functional groups attached to an aromatic ring is 1. The van der Waals surface area contributed by atoms with E-state index in [-0.39, 0.29) is 0 Å². The Balaban J connectivity index is 2.27. The van der Waals surface area contributed by atoms with E-state index in [4.69, 9.17) is 5.73 Å². The zero-order chi connectivity index (χ0) is 12.3. The Labute approximate surface area is 104 Å². The summed E-state index contributed by atoms with van der Waals surface area (Å²) >= 11 is 0. The van der Waals surface area contributed by atoms with E-state index in [0.29, 0.717) is 15.5 Å². The molecule has 0 atom stereocenters. The van der Waals surface area contributed by atoms with Crippen LogP contribution in [0.15, 0.2) is 64.4 Å². The molecule has 2 aromatic rings. The van der Waals surface area contributed by atoms with Crippen LogP contribution in [0.2, 0.25) is 0 Å². The summed E-state index contributed by atoms with van der Waals surface area (Å²) in [6.07, 6.45) is 0. The molecule has 0 aliphatic carbocycles. The lowest BCUT2D eigenvalue weighted by Gasteiger charge is -2.03.